The first-order chi connectivity index (χ1) is 10.7. The van der Waals surface area contributed by atoms with E-state index in [0.717, 1.165) is 57.4 Å². The molecule has 0 radical (unpaired) electrons. The lowest BCUT2D eigenvalue weighted by Crippen LogP contribution is -2.52. The molecule has 0 amide bonds. The Hall–Kier alpha value is -1.09. The van der Waals surface area contributed by atoms with E-state index in [1.54, 1.807) is 7.11 Å². The summed E-state index contributed by atoms with van der Waals surface area (Å²) in [6.07, 6.45) is 0.963. The molecular weight excluding hydrogens is 410 g/mol. The number of benzene rings is 1. The van der Waals surface area contributed by atoms with Crippen LogP contribution < -0.4 is 10.2 Å². The third-order valence-corrected chi connectivity index (χ3v) is 3.79. The fraction of sp³-hybridized carbons (Fsp3) is 0.562. The molecule has 1 aromatic carbocycles. The van der Waals surface area contributed by atoms with E-state index in [2.05, 4.69) is 20.1 Å². The van der Waals surface area contributed by atoms with E-state index in [1.165, 1.54) is 12.1 Å². The number of anilines is 1. The molecule has 0 saturated carbocycles. The Labute approximate surface area is 154 Å². The highest BCUT2D eigenvalue weighted by atomic mass is 127. The van der Waals surface area contributed by atoms with E-state index in [4.69, 9.17) is 4.74 Å². The Morgan fingerprint density at radius 3 is 2.43 bits per heavy atom. The topological polar surface area (TPSA) is 40.1 Å². The van der Waals surface area contributed by atoms with Gasteiger partial charge in [-0.3, -0.25) is 4.99 Å². The number of nitrogens with zero attached hydrogens (tertiary/aromatic N) is 3. The van der Waals surface area contributed by atoms with Crippen LogP contribution in [0.25, 0.3) is 0 Å². The summed E-state index contributed by atoms with van der Waals surface area (Å²) in [5, 5.41) is 3.36. The number of guanidine groups is 1. The molecule has 1 saturated heterocycles. The van der Waals surface area contributed by atoms with Crippen molar-refractivity contribution in [2.75, 3.05) is 58.4 Å². The summed E-state index contributed by atoms with van der Waals surface area (Å²) in [7, 11) is 3.52. The van der Waals surface area contributed by atoms with E-state index in [0.29, 0.717) is 0 Å². The number of methoxy groups -OCH3 is 1. The van der Waals surface area contributed by atoms with Crippen LogP contribution in [0, 0.1) is 5.82 Å². The molecule has 0 atom stereocenters. The van der Waals surface area contributed by atoms with Crippen LogP contribution in [0.5, 0.6) is 0 Å². The van der Waals surface area contributed by atoms with Crippen LogP contribution in [0.4, 0.5) is 10.1 Å². The smallest absolute Gasteiger partial charge is 0.193 e. The molecule has 2 rings (SSSR count). The van der Waals surface area contributed by atoms with Crippen molar-refractivity contribution < 1.29 is 9.13 Å². The maximum Gasteiger partial charge on any atom is 0.193 e. The van der Waals surface area contributed by atoms with E-state index < -0.39 is 0 Å². The molecule has 0 bridgehead atoms. The normalized spacial score (nSPS) is 15.3. The fourth-order valence-corrected chi connectivity index (χ4v) is 2.58. The van der Waals surface area contributed by atoms with Crippen LogP contribution in [0.2, 0.25) is 0 Å². The van der Waals surface area contributed by atoms with Crippen molar-refractivity contribution in [1.29, 1.82) is 0 Å². The SMILES string of the molecule is CN=C(NCCCOC)N1CCN(c2ccc(F)cc2)CC1.I. The molecule has 1 aliphatic rings. The first kappa shape index (κ1) is 20.0. The highest BCUT2D eigenvalue weighted by Gasteiger charge is 2.19. The van der Waals surface area contributed by atoms with Gasteiger partial charge in [0.25, 0.3) is 0 Å². The first-order valence-electron chi connectivity index (χ1n) is 7.69. The van der Waals surface area contributed by atoms with E-state index in [9.17, 15) is 4.39 Å². The largest absolute Gasteiger partial charge is 0.385 e. The molecule has 0 aromatic heterocycles. The molecule has 130 valence electrons. The Bertz CT molecular complexity index is 475. The Kier molecular flexibility index (Phi) is 9.23. The number of piperazine rings is 1. The molecule has 1 fully saturated rings. The minimum atomic E-state index is -0.192. The quantitative estimate of drug-likeness (QED) is 0.333. The molecule has 5 nitrogen and oxygen atoms in total. The van der Waals surface area contributed by atoms with Crippen molar-refractivity contribution in [2.45, 2.75) is 6.42 Å². The zero-order valence-electron chi connectivity index (χ0n) is 13.8. The molecule has 1 heterocycles. The molecule has 7 heteroatoms. The van der Waals surface area contributed by atoms with Gasteiger partial charge in [0.1, 0.15) is 5.82 Å². The van der Waals surface area contributed by atoms with Gasteiger partial charge in [-0.05, 0) is 30.7 Å². The lowest BCUT2D eigenvalue weighted by Gasteiger charge is -2.37. The van der Waals surface area contributed by atoms with Gasteiger partial charge in [-0.1, -0.05) is 0 Å². The fourth-order valence-electron chi connectivity index (χ4n) is 2.58. The molecule has 1 N–H and O–H groups in total. The van der Waals surface area contributed by atoms with Crippen LogP contribution >= 0.6 is 24.0 Å². The highest BCUT2D eigenvalue weighted by Crippen LogP contribution is 2.16. The number of hydrogen-bond acceptors (Lipinski definition) is 3. The zero-order valence-corrected chi connectivity index (χ0v) is 16.1. The maximum atomic E-state index is 13.0. The monoisotopic (exact) mass is 436 g/mol. The summed E-state index contributed by atoms with van der Waals surface area (Å²) in [5.41, 5.74) is 1.07. The number of nitrogens with one attached hydrogen (secondary N) is 1. The second kappa shape index (κ2) is 10.6. The Morgan fingerprint density at radius 1 is 1.22 bits per heavy atom. The summed E-state index contributed by atoms with van der Waals surface area (Å²) < 4.78 is 18.0. The van der Waals surface area contributed by atoms with Crippen LogP contribution in [0.1, 0.15) is 6.42 Å². The second-order valence-corrected chi connectivity index (χ2v) is 5.27. The summed E-state index contributed by atoms with van der Waals surface area (Å²) >= 11 is 0. The average Bonchev–Trinajstić information content (AvgIpc) is 2.56. The Balaban J connectivity index is 0.00000264. The maximum absolute atomic E-state index is 13.0. The van der Waals surface area contributed by atoms with Gasteiger partial charge in [0.15, 0.2) is 5.96 Å². The minimum Gasteiger partial charge on any atom is -0.385 e. The van der Waals surface area contributed by atoms with Gasteiger partial charge in [-0.2, -0.15) is 0 Å². The number of aliphatic imine (C=N–C) groups is 1. The van der Waals surface area contributed by atoms with Crippen molar-refractivity contribution in [3.05, 3.63) is 30.1 Å². The Morgan fingerprint density at radius 2 is 1.87 bits per heavy atom. The first-order valence-corrected chi connectivity index (χ1v) is 7.69. The van der Waals surface area contributed by atoms with Crippen molar-refractivity contribution in [1.82, 2.24) is 10.2 Å². The summed E-state index contributed by atoms with van der Waals surface area (Å²) in [6, 6.07) is 6.70. The number of hydrogen-bond donors (Lipinski definition) is 1. The molecule has 0 spiro atoms. The van der Waals surface area contributed by atoms with E-state index >= 15 is 0 Å². The van der Waals surface area contributed by atoms with Gasteiger partial charge in [-0.25, -0.2) is 4.39 Å². The van der Waals surface area contributed by atoms with E-state index in [1.807, 2.05) is 19.2 Å². The predicted molar refractivity (Wildman–Crippen MR) is 103 cm³/mol. The lowest BCUT2D eigenvalue weighted by atomic mass is 10.2. The van der Waals surface area contributed by atoms with Gasteiger partial charge in [0.2, 0.25) is 0 Å². The molecule has 23 heavy (non-hydrogen) atoms. The summed E-state index contributed by atoms with van der Waals surface area (Å²) in [6.45, 7) is 5.23. The van der Waals surface area contributed by atoms with E-state index in [-0.39, 0.29) is 29.8 Å². The van der Waals surface area contributed by atoms with Gasteiger partial charge in [0, 0.05) is 59.2 Å². The van der Waals surface area contributed by atoms with Crippen LogP contribution in [-0.4, -0.2) is 64.3 Å². The molecular formula is C16H26FIN4O. The van der Waals surface area contributed by atoms with Crippen LogP contribution in [-0.2, 0) is 4.74 Å². The van der Waals surface area contributed by atoms with Crippen LogP contribution in [0.15, 0.2) is 29.3 Å². The van der Waals surface area contributed by atoms with Crippen molar-refractivity contribution >= 4 is 35.6 Å². The minimum absolute atomic E-state index is 0. The number of ether oxygens (including phenoxy) is 1. The lowest BCUT2D eigenvalue weighted by molar-refractivity contribution is 0.195. The average molecular weight is 436 g/mol. The molecule has 1 aliphatic heterocycles. The number of rotatable bonds is 5. The molecule has 0 unspecified atom stereocenters. The molecule has 0 aliphatic carbocycles. The predicted octanol–water partition coefficient (Wildman–Crippen LogP) is 2.18. The summed E-state index contributed by atoms with van der Waals surface area (Å²) in [5.74, 6) is 0.748. The summed E-state index contributed by atoms with van der Waals surface area (Å²) in [4.78, 5) is 8.87. The standard InChI is InChI=1S/C16H25FN4O.HI/c1-18-16(19-8-3-13-22-2)21-11-9-20(10-12-21)15-6-4-14(17)5-7-15;/h4-7H,3,8-13H2,1-2H3,(H,18,19);1H. The number of halogens is 2. The van der Waals surface area contributed by atoms with Gasteiger partial charge in [0.05, 0.1) is 0 Å². The third kappa shape index (κ3) is 6.14. The van der Waals surface area contributed by atoms with Crippen molar-refractivity contribution in [2.24, 2.45) is 4.99 Å². The van der Waals surface area contributed by atoms with Gasteiger partial charge < -0.3 is 19.9 Å². The zero-order chi connectivity index (χ0) is 15.8. The molecule has 1 aromatic rings. The van der Waals surface area contributed by atoms with Crippen LogP contribution in [0.3, 0.4) is 0 Å². The van der Waals surface area contributed by atoms with Gasteiger partial charge >= 0.3 is 0 Å². The van der Waals surface area contributed by atoms with Crippen molar-refractivity contribution in [3.63, 3.8) is 0 Å². The second-order valence-electron chi connectivity index (χ2n) is 5.27. The highest BCUT2D eigenvalue weighted by molar-refractivity contribution is 14.0. The third-order valence-electron chi connectivity index (χ3n) is 3.79. The van der Waals surface area contributed by atoms with Gasteiger partial charge in [-0.15, -0.1) is 24.0 Å². The van der Waals surface area contributed by atoms with Crippen molar-refractivity contribution in [3.8, 4) is 0 Å².